The zero-order valence-corrected chi connectivity index (χ0v) is 8.46. The highest BCUT2D eigenvalue weighted by atomic mass is 15.3. The first-order valence-corrected chi connectivity index (χ1v) is 5.23. The van der Waals surface area contributed by atoms with Gasteiger partial charge in [0, 0.05) is 18.2 Å². The standard InChI is InChI=1S/C11H18N2/c1-8(2)7-12-13-11-6-9-4-3-5-10(9)11/h3-4,8-10,12H,5-7H2,1-2H3/b13-11-. The van der Waals surface area contributed by atoms with Crippen molar-refractivity contribution in [2.45, 2.75) is 26.7 Å². The van der Waals surface area contributed by atoms with E-state index in [4.69, 9.17) is 0 Å². The summed E-state index contributed by atoms with van der Waals surface area (Å²) >= 11 is 0. The number of hydrogen-bond donors (Lipinski definition) is 1. The maximum atomic E-state index is 4.44. The highest BCUT2D eigenvalue weighted by Gasteiger charge is 2.37. The zero-order chi connectivity index (χ0) is 9.26. The van der Waals surface area contributed by atoms with Crippen molar-refractivity contribution in [2.24, 2.45) is 22.9 Å². The van der Waals surface area contributed by atoms with Gasteiger partial charge in [-0.15, -0.1) is 0 Å². The van der Waals surface area contributed by atoms with Crippen LogP contribution in [0.25, 0.3) is 0 Å². The Balaban J connectivity index is 1.77. The van der Waals surface area contributed by atoms with Crippen molar-refractivity contribution in [1.29, 1.82) is 0 Å². The van der Waals surface area contributed by atoms with Gasteiger partial charge in [-0.1, -0.05) is 26.0 Å². The van der Waals surface area contributed by atoms with Crippen LogP contribution >= 0.6 is 0 Å². The largest absolute Gasteiger partial charge is 0.310 e. The van der Waals surface area contributed by atoms with Crippen molar-refractivity contribution in [3.05, 3.63) is 12.2 Å². The van der Waals surface area contributed by atoms with Crippen molar-refractivity contribution in [3.63, 3.8) is 0 Å². The van der Waals surface area contributed by atoms with Crippen LogP contribution in [-0.2, 0) is 0 Å². The van der Waals surface area contributed by atoms with Gasteiger partial charge in [-0.05, 0) is 24.7 Å². The lowest BCUT2D eigenvalue weighted by atomic mass is 9.74. The summed E-state index contributed by atoms with van der Waals surface area (Å²) in [7, 11) is 0. The van der Waals surface area contributed by atoms with Crippen LogP contribution in [0.5, 0.6) is 0 Å². The molecule has 2 unspecified atom stereocenters. The Hall–Kier alpha value is -0.790. The Morgan fingerprint density at radius 1 is 1.62 bits per heavy atom. The molecule has 1 fully saturated rings. The van der Waals surface area contributed by atoms with Crippen molar-refractivity contribution in [1.82, 2.24) is 5.43 Å². The summed E-state index contributed by atoms with van der Waals surface area (Å²) in [5, 5.41) is 4.44. The first kappa shape index (κ1) is 8.79. The summed E-state index contributed by atoms with van der Waals surface area (Å²) in [6, 6.07) is 0. The third kappa shape index (κ3) is 1.77. The van der Waals surface area contributed by atoms with Gasteiger partial charge in [-0.2, -0.15) is 5.10 Å². The summed E-state index contributed by atoms with van der Waals surface area (Å²) in [5.74, 6) is 2.25. The third-order valence-electron chi connectivity index (χ3n) is 2.89. The maximum absolute atomic E-state index is 4.44. The first-order chi connectivity index (χ1) is 6.27. The Bertz CT molecular complexity index is 240. The molecule has 0 bridgehead atoms. The van der Waals surface area contributed by atoms with Crippen molar-refractivity contribution >= 4 is 5.71 Å². The second kappa shape index (κ2) is 3.52. The molecule has 0 saturated heterocycles. The summed E-state index contributed by atoms with van der Waals surface area (Å²) < 4.78 is 0. The number of nitrogens with zero attached hydrogens (tertiary/aromatic N) is 1. The molecule has 2 rings (SSSR count). The van der Waals surface area contributed by atoms with Crippen LogP contribution in [0.4, 0.5) is 0 Å². The van der Waals surface area contributed by atoms with E-state index < -0.39 is 0 Å². The molecule has 0 aromatic carbocycles. The van der Waals surface area contributed by atoms with E-state index >= 15 is 0 Å². The normalized spacial score (nSPS) is 33.6. The van der Waals surface area contributed by atoms with E-state index in [1.54, 1.807) is 0 Å². The van der Waals surface area contributed by atoms with E-state index in [0.717, 1.165) is 18.4 Å². The molecule has 0 aliphatic heterocycles. The highest BCUT2D eigenvalue weighted by molar-refractivity contribution is 5.93. The molecule has 0 aromatic rings. The summed E-state index contributed by atoms with van der Waals surface area (Å²) in [5.41, 5.74) is 4.54. The van der Waals surface area contributed by atoms with Gasteiger partial charge in [0.1, 0.15) is 0 Å². The SMILES string of the molecule is CC(C)CN/N=C1/CC2C=CCC12. The van der Waals surface area contributed by atoms with Crippen LogP contribution in [-0.4, -0.2) is 12.3 Å². The second-order valence-corrected chi connectivity index (χ2v) is 4.50. The number of rotatable bonds is 3. The van der Waals surface area contributed by atoms with Crippen molar-refractivity contribution in [3.8, 4) is 0 Å². The molecule has 0 heterocycles. The van der Waals surface area contributed by atoms with Crippen LogP contribution < -0.4 is 5.43 Å². The van der Waals surface area contributed by atoms with Crippen LogP contribution in [0.3, 0.4) is 0 Å². The van der Waals surface area contributed by atoms with E-state index in [-0.39, 0.29) is 0 Å². The summed E-state index contributed by atoms with van der Waals surface area (Å²) in [6.07, 6.45) is 7.03. The fraction of sp³-hybridized carbons (Fsp3) is 0.727. The minimum absolute atomic E-state index is 0.682. The van der Waals surface area contributed by atoms with Gasteiger partial charge >= 0.3 is 0 Å². The minimum atomic E-state index is 0.682. The van der Waals surface area contributed by atoms with Crippen LogP contribution in [0, 0.1) is 17.8 Å². The average molecular weight is 178 g/mol. The fourth-order valence-electron chi connectivity index (χ4n) is 1.99. The van der Waals surface area contributed by atoms with Gasteiger partial charge < -0.3 is 5.43 Å². The smallest absolute Gasteiger partial charge is 0.0424 e. The van der Waals surface area contributed by atoms with Crippen molar-refractivity contribution < 1.29 is 0 Å². The molecule has 0 amide bonds. The number of nitrogens with one attached hydrogen (secondary N) is 1. The van der Waals surface area contributed by atoms with E-state index in [1.807, 2.05) is 0 Å². The Morgan fingerprint density at radius 2 is 2.46 bits per heavy atom. The van der Waals surface area contributed by atoms with Crippen molar-refractivity contribution in [2.75, 3.05) is 6.54 Å². The van der Waals surface area contributed by atoms with Crippen LogP contribution in [0.15, 0.2) is 17.3 Å². The zero-order valence-electron chi connectivity index (χ0n) is 8.46. The van der Waals surface area contributed by atoms with Gasteiger partial charge in [0.25, 0.3) is 0 Å². The van der Waals surface area contributed by atoms with Gasteiger partial charge in [0.15, 0.2) is 0 Å². The Labute approximate surface area is 80.1 Å². The number of fused-ring (bicyclic) bond motifs is 1. The molecule has 0 spiro atoms. The monoisotopic (exact) mass is 178 g/mol. The lowest BCUT2D eigenvalue weighted by molar-refractivity contribution is 0.455. The summed E-state index contributed by atoms with van der Waals surface area (Å²) in [6.45, 7) is 5.40. The number of hydrazone groups is 1. The van der Waals surface area contributed by atoms with Crippen LogP contribution in [0.2, 0.25) is 0 Å². The second-order valence-electron chi connectivity index (χ2n) is 4.50. The third-order valence-corrected chi connectivity index (χ3v) is 2.89. The molecule has 0 radical (unpaired) electrons. The molecule has 0 aromatic heterocycles. The molecule has 2 atom stereocenters. The topological polar surface area (TPSA) is 24.4 Å². The number of allylic oxidation sites excluding steroid dienone is 2. The molecular formula is C11H18N2. The van der Waals surface area contributed by atoms with Crippen LogP contribution in [0.1, 0.15) is 26.7 Å². The molecular weight excluding hydrogens is 160 g/mol. The van der Waals surface area contributed by atoms with E-state index in [0.29, 0.717) is 5.92 Å². The van der Waals surface area contributed by atoms with E-state index in [9.17, 15) is 0 Å². The number of hydrogen-bond acceptors (Lipinski definition) is 2. The minimum Gasteiger partial charge on any atom is -0.310 e. The Kier molecular flexibility index (Phi) is 2.38. The molecule has 2 aliphatic rings. The van der Waals surface area contributed by atoms with Gasteiger partial charge in [0.05, 0.1) is 0 Å². The highest BCUT2D eigenvalue weighted by Crippen LogP contribution is 2.39. The van der Waals surface area contributed by atoms with Gasteiger partial charge in [0.2, 0.25) is 0 Å². The van der Waals surface area contributed by atoms with Gasteiger partial charge in [-0.3, -0.25) is 0 Å². The molecule has 13 heavy (non-hydrogen) atoms. The molecule has 1 saturated carbocycles. The van der Waals surface area contributed by atoms with E-state index in [2.05, 4.69) is 36.5 Å². The average Bonchev–Trinajstić information content (AvgIpc) is 2.40. The maximum Gasteiger partial charge on any atom is 0.0424 e. The Morgan fingerprint density at radius 3 is 3.15 bits per heavy atom. The molecule has 1 N–H and O–H groups in total. The lowest BCUT2D eigenvalue weighted by Gasteiger charge is -2.32. The fourth-order valence-corrected chi connectivity index (χ4v) is 1.99. The molecule has 2 nitrogen and oxygen atoms in total. The molecule has 72 valence electrons. The first-order valence-electron chi connectivity index (χ1n) is 5.23. The van der Waals surface area contributed by atoms with Gasteiger partial charge in [-0.25, -0.2) is 0 Å². The molecule has 2 heteroatoms. The molecule has 2 aliphatic carbocycles. The predicted molar refractivity (Wildman–Crippen MR) is 55.6 cm³/mol. The summed E-state index contributed by atoms with van der Waals surface area (Å²) in [4.78, 5) is 0. The lowest BCUT2D eigenvalue weighted by Crippen LogP contribution is -2.35. The quantitative estimate of drug-likeness (QED) is 0.520. The predicted octanol–water partition coefficient (Wildman–Crippen LogP) is 2.18. The van der Waals surface area contributed by atoms with E-state index in [1.165, 1.54) is 18.6 Å².